The van der Waals surface area contributed by atoms with Gasteiger partial charge in [-0.25, -0.2) is 4.39 Å². The number of anilines is 1. The second-order valence-corrected chi connectivity index (χ2v) is 6.66. The summed E-state index contributed by atoms with van der Waals surface area (Å²) in [5, 5.41) is 2.87. The van der Waals surface area contributed by atoms with E-state index in [4.69, 9.17) is 11.6 Å². The molecular formula is C22H13ClFN3O2. The molecule has 0 aliphatic rings. The minimum Gasteiger partial charge on any atom is -0.319 e. The number of benzene rings is 3. The lowest BCUT2D eigenvalue weighted by molar-refractivity contribution is 0.101. The van der Waals surface area contributed by atoms with Crippen LogP contribution in [0.5, 0.6) is 0 Å². The Hall–Kier alpha value is -3.64. The maximum absolute atomic E-state index is 15.0. The summed E-state index contributed by atoms with van der Waals surface area (Å²) in [5.41, 5.74) is 1.46. The van der Waals surface area contributed by atoms with Crippen molar-refractivity contribution in [2.24, 2.45) is 0 Å². The molecule has 1 amide bonds. The topological polar surface area (TPSA) is 72.0 Å². The molecule has 0 unspecified atom stereocenters. The number of nitrogens with zero attached hydrogens (tertiary/aromatic N) is 2. The van der Waals surface area contributed by atoms with Gasteiger partial charge in [0.2, 0.25) is 0 Å². The number of hydrogen-bond acceptors (Lipinski definition) is 4. The summed E-state index contributed by atoms with van der Waals surface area (Å²) in [5.74, 6) is -1.86. The fourth-order valence-electron chi connectivity index (χ4n) is 2.89. The minimum absolute atomic E-state index is 0.0959. The van der Waals surface area contributed by atoms with Gasteiger partial charge >= 0.3 is 0 Å². The first-order valence-electron chi connectivity index (χ1n) is 8.64. The Bertz CT molecular complexity index is 1260. The molecule has 1 aromatic heterocycles. The van der Waals surface area contributed by atoms with Crippen LogP contribution in [0.1, 0.15) is 26.3 Å². The van der Waals surface area contributed by atoms with E-state index in [1.54, 1.807) is 42.6 Å². The van der Waals surface area contributed by atoms with Gasteiger partial charge in [-0.3, -0.25) is 19.6 Å². The van der Waals surface area contributed by atoms with Gasteiger partial charge < -0.3 is 5.32 Å². The Morgan fingerprint density at radius 3 is 2.41 bits per heavy atom. The first kappa shape index (κ1) is 18.7. The number of amides is 1. The number of fused-ring (bicyclic) bond motifs is 1. The van der Waals surface area contributed by atoms with Crippen LogP contribution in [0.3, 0.4) is 0 Å². The summed E-state index contributed by atoms with van der Waals surface area (Å²) in [6.45, 7) is 0. The van der Waals surface area contributed by atoms with Crippen LogP contribution < -0.4 is 5.32 Å². The monoisotopic (exact) mass is 405 g/mol. The first-order chi connectivity index (χ1) is 14.0. The second-order valence-electron chi connectivity index (χ2n) is 6.22. The Morgan fingerprint density at radius 1 is 0.862 bits per heavy atom. The summed E-state index contributed by atoms with van der Waals surface area (Å²) in [7, 11) is 0. The van der Waals surface area contributed by atoms with E-state index in [1.165, 1.54) is 30.5 Å². The van der Waals surface area contributed by atoms with Gasteiger partial charge in [0.25, 0.3) is 5.91 Å². The van der Waals surface area contributed by atoms with Gasteiger partial charge in [0, 0.05) is 28.5 Å². The second kappa shape index (κ2) is 7.77. The highest BCUT2D eigenvalue weighted by Gasteiger charge is 2.19. The van der Waals surface area contributed by atoms with E-state index in [0.717, 1.165) is 0 Å². The molecule has 0 saturated carbocycles. The number of halogens is 2. The molecule has 0 aliphatic carbocycles. The fraction of sp³-hybridized carbons (Fsp3) is 0. The van der Waals surface area contributed by atoms with Crippen molar-refractivity contribution in [3.63, 3.8) is 0 Å². The number of ketones is 1. The molecule has 5 nitrogen and oxygen atoms in total. The molecule has 3 aromatic carbocycles. The average molecular weight is 406 g/mol. The molecule has 0 fully saturated rings. The maximum Gasteiger partial charge on any atom is 0.255 e. The van der Waals surface area contributed by atoms with Gasteiger partial charge in [-0.1, -0.05) is 23.7 Å². The lowest BCUT2D eigenvalue weighted by Gasteiger charge is -2.10. The van der Waals surface area contributed by atoms with Gasteiger partial charge in [-0.15, -0.1) is 0 Å². The van der Waals surface area contributed by atoms with E-state index in [0.29, 0.717) is 16.1 Å². The fourth-order valence-corrected chi connectivity index (χ4v) is 3.08. The zero-order chi connectivity index (χ0) is 20.4. The zero-order valence-electron chi connectivity index (χ0n) is 14.9. The number of carbonyl (C=O) groups is 2. The number of hydrogen-bond donors (Lipinski definition) is 1. The average Bonchev–Trinajstić information content (AvgIpc) is 2.74. The highest BCUT2D eigenvalue weighted by molar-refractivity contribution is 6.31. The summed E-state index contributed by atoms with van der Waals surface area (Å²) in [4.78, 5) is 33.5. The van der Waals surface area contributed by atoms with Crippen LogP contribution in [-0.4, -0.2) is 21.7 Å². The quantitative estimate of drug-likeness (QED) is 0.490. The summed E-state index contributed by atoms with van der Waals surface area (Å²) < 4.78 is 15.0. The normalized spacial score (nSPS) is 10.7. The van der Waals surface area contributed by atoms with Crippen molar-refractivity contribution in [2.45, 2.75) is 0 Å². The molecule has 1 heterocycles. The van der Waals surface area contributed by atoms with E-state index in [2.05, 4.69) is 15.3 Å². The van der Waals surface area contributed by atoms with E-state index in [1.807, 2.05) is 0 Å². The molecule has 0 bridgehead atoms. The Morgan fingerprint density at radius 2 is 1.62 bits per heavy atom. The predicted molar refractivity (Wildman–Crippen MR) is 109 cm³/mol. The van der Waals surface area contributed by atoms with Crippen molar-refractivity contribution >= 4 is 40.0 Å². The number of carbonyl (C=O) groups excluding carboxylic acids is 2. The largest absolute Gasteiger partial charge is 0.319 e. The molecule has 0 atom stereocenters. The van der Waals surface area contributed by atoms with Crippen LogP contribution in [0.2, 0.25) is 5.02 Å². The Labute approximate surface area is 170 Å². The standard InChI is InChI=1S/C22H13ClFN3O2/c23-15-4-1-3-14(11-15)22(29)27-18-6-2-5-16(20(18)24)21(28)13-7-8-17-19(12-13)26-10-9-25-17/h1-12H,(H,27,29). The highest BCUT2D eigenvalue weighted by Crippen LogP contribution is 2.23. The van der Waals surface area contributed by atoms with Crippen molar-refractivity contribution in [3.05, 3.63) is 101 Å². The van der Waals surface area contributed by atoms with Crippen molar-refractivity contribution in [1.29, 1.82) is 0 Å². The van der Waals surface area contributed by atoms with E-state index in [9.17, 15) is 14.0 Å². The predicted octanol–water partition coefficient (Wildman–Crippen LogP) is 4.91. The van der Waals surface area contributed by atoms with Crippen molar-refractivity contribution in [1.82, 2.24) is 9.97 Å². The first-order valence-corrected chi connectivity index (χ1v) is 9.01. The van der Waals surface area contributed by atoms with Crippen LogP contribution in [0.4, 0.5) is 10.1 Å². The Kier molecular flexibility index (Phi) is 5.01. The van der Waals surface area contributed by atoms with Crippen LogP contribution >= 0.6 is 11.6 Å². The smallest absolute Gasteiger partial charge is 0.255 e. The van der Waals surface area contributed by atoms with Crippen molar-refractivity contribution < 1.29 is 14.0 Å². The van der Waals surface area contributed by atoms with Crippen LogP contribution in [0, 0.1) is 5.82 Å². The molecule has 4 rings (SSSR count). The Balaban J connectivity index is 1.64. The summed E-state index contributed by atoms with van der Waals surface area (Å²) >= 11 is 5.89. The number of nitrogens with one attached hydrogen (secondary N) is 1. The molecule has 7 heteroatoms. The molecule has 0 saturated heterocycles. The molecular weight excluding hydrogens is 393 g/mol. The van der Waals surface area contributed by atoms with Gasteiger partial charge in [-0.2, -0.15) is 0 Å². The van der Waals surface area contributed by atoms with Gasteiger partial charge in [0.1, 0.15) is 0 Å². The molecule has 0 radical (unpaired) electrons. The molecule has 142 valence electrons. The lowest BCUT2D eigenvalue weighted by atomic mass is 10.0. The van der Waals surface area contributed by atoms with Gasteiger partial charge in [0.05, 0.1) is 22.3 Å². The third-order valence-electron chi connectivity index (χ3n) is 4.31. The third-order valence-corrected chi connectivity index (χ3v) is 4.54. The van der Waals surface area contributed by atoms with Crippen LogP contribution in [0.15, 0.2) is 73.1 Å². The van der Waals surface area contributed by atoms with Crippen LogP contribution in [-0.2, 0) is 0 Å². The molecule has 0 spiro atoms. The van der Waals surface area contributed by atoms with Crippen molar-refractivity contribution in [3.8, 4) is 0 Å². The lowest BCUT2D eigenvalue weighted by Crippen LogP contribution is -2.14. The SMILES string of the molecule is O=C(Nc1cccc(C(=O)c2ccc3nccnc3c2)c1F)c1cccc(Cl)c1. The summed E-state index contributed by atoms with van der Waals surface area (Å²) in [6.07, 6.45) is 3.07. The van der Waals surface area contributed by atoms with Crippen LogP contribution in [0.25, 0.3) is 11.0 Å². The molecule has 29 heavy (non-hydrogen) atoms. The highest BCUT2D eigenvalue weighted by atomic mass is 35.5. The van der Waals surface area contributed by atoms with Gasteiger partial charge in [0.15, 0.2) is 11.6 Å². The number of aromatic nitrogens is 2. The molecule has 0 aliphatic heterocycles. The van der Waals surface area contributed by atoms with E-state index in [-0.39, 0.29) is 22.4 Å². The molecule has 1 N–H and O–H groups in total. The maximum atomic E-state index is 15.0. The third kappa shape index (κ3) is 3.83. The number of rotatable bonds is 4. The minimum atomic E-state index is -0.813. The van der Waals surface area contributed by atoms with E-state index < -0.39 is 17.5 Å². The summed E-state index contributed by atoms with van der Waals surface area (Å²) in [6, 6.07) is 15.3. The van der Waals surface area contributed by atoms with Crippen molar-refractivity contribution in [2.75, 3.05) is 5.32 Å². The molecule has 4 aromatic rings. The van der Waals surface area contributed by atoms with Gasteiger partial charge in [-0.05, 0) is 48.5 Å². The zero-order valence-corrected chi connectivity index (χ0v) is 15.7. The van der Waals surface area contributed by atoms with E-state index >= 15 is 0 Å².